The summed E-state index contributed by atoms with van der Waals surface area (Å²) in [6.07, 6.45) is 1.58. The molecule has 39 heavy (non-hydrogen) atoms. The minimum absolute atomic E-state index is 0.0225. The third-order valence-corrected chi connectivity index (χ3v) is 8.06. The van der Waals surface area contributed by atoms with Gasteiger partial charge in [-0.15, -0.1) is 0 Å². The van der Waals surface area contributed by atoms with Crippen LogP contribution in [0.25, 0.3) is 6.08 Å². The second kappa shape index (κ2) is 12.7. The van der Waals surface area contributed by atoms with Crippen LogP contribution in [-0.4, -0.2) is 35.7 Å². The van der Waals surface area contributed by atoms with Crippen molar-refractivity contribution >= 4 is 91.3 Å². The van der Waals surface area contributed by atoms with E-state index in [1.54, 1.807) is 54.6 Å². The highest BCUT2D eigenvalue weighted by atomic mass is 79.9. The molecule has 202 valence electrons. The number of nitrogens with zero attached hydrogens (tertiary/aromatic N) is 1. The number of benzene rings is 3. The van der Waals surface area contributed by atoms with Crippen LogP contribution in [-0.2, 0) is 16.1 Å². The Morgan fingerprint density at radius 3 is 2.54 bits per heavy atom. The molecule has 0 saturated carbocycles. The molecule has 0 unspecified atom stereocenters. The Bertz CT molecular complexity index is 1510. The van der Waals surface area contributed by atoms with Crippen LogP contribution in [0, 0.1) is 6.92 Å². The summed E-state index contributed by atoms with van der Waals surface area (Å²) < 4.78 is 11.7. The van der Waals surface area contributed by atoms with Gasteiger partial charge in [0.1, 0.15) is 0 Å². The van der Waals surface area contributed by atoms with Crippen molar-refractivity contribution in [3.8, 4) is 11.5 Å². The fourth-order valence-electron chi connectivity index (χ4n) is 3.58. The Balaban J connectivity index is 1.47. The van der Waals surface area contributed by atoms with Gasteiger partial charge in [0.2, 0.25) is 0 Å². The molecule has 1 aliphatic heterocycles. The average molecular weight is 671 g/mol. The zero-order valence-corrected chi connectivity index (χ0v) is 25.2. The molecule has 7 nitrogen and oxygen atoms in total. The summed E-state index contributed by atoms with van der Waals surface area (Å²) in [4.78, 5) is 39.4. The molecule has 1 aliphatic rings. The zero-order valence-electron chi connectivity index (χ0n) is 20.5. The standard InChI is InChI=1S/C27H20BrCl3N2O5S/c1-14-3-6-18(11-20(14)30)32-24(34)13-38-25-19(28)7-15(8-22(25)37-2)9-23-26(35)33(27(36)39-23)12-16-4-5-17(29)10-21(16)31/h3-11H,12-13H2,1-2H3,(H,32,34)/b23-9-. The first kappa shape index (κ1) is 29.3. The monoisotopic (exact) mass is 668 g/mol. The van der Waals surface area contributed by atoms with Crippen LogP contribution in [0.1, 0.15) is 16.7 Å². The van der Waals surface area contributed by atoms with Gasteiger partial charge in [0, 0.05) is 20.8 Å². The van der Waals surface area contributed by atoms with Crippen LogP contribution in [0.2, 0.25) is 15.1 Å². The number of nitrogens with one attached hydrogen (secondary N) is 1. The highest BCUT2D eigenvalue weighted by Crippen LogP contribution is 2.39. The molecule has 3 aromatic rings. The smallest absolute Gasteiger partial charge is 0.293 e. The molecule has 4 rings (SSSR count). The molecule has 0 atom stereocenters. The molecular weight excluding hydrogens is 651 g/mol. The number of methoxy groups -OCH3 is 1. The Hall–Kier alpha value is -2.69. The minimum atomic E-state index is -0.445. The molecule has 3 amide bonds. The Morgan fingerprint density at radius 1 is 1.08 bits per heavy atom. The fraction of sp³-hybridized carbons (Fsp3) is 0.148. The maximum atomic E-state index is 13.0. The summed E-state index contributed by atoms with van der Waals surface area (Å²) in [5.74, 6) is -0.201. The van der Waals surface area contributed by atoms with Gasteiger partial charge in [-0.05, 0) is 93.8 Å². The second-order valence-corrected chi connectivity index (χ2v) is 11.4. The number of halogens is 4. The van der Waals surface area contributed by atoms with Crippen molar-refractivity contribution in [2.75, 3.05) is 19.0 Å². The predicted molar refractivity (Wildman–Crippen MR) is 159 cm³/mol. The van der Waals surface area contributed by atoms with Crippen molar-refractivity contribution in [3.05, 3.63) is 89.7 Å². The molecule has 12 heteroatoms. The summed E-state index contributed by atoms with van der Waals surface area (Å²) in [5, 5.41) is 3.68. The molecule has 1 saturated heterocycles. The summed E-state index contributed by atoms with van der Waals surface area (Å²) in [6, 6.07) is 13.4. The van der Waals surface area contributed by atoms with E-state index in [9.17, 15) is 14.4 Å². The number of hydrogen-bond donors (Lipinski definition) is 1. The number of ether oxygens (including phenoxy) is 2. The normalized spacial score (nSPS) is 14.2. The number of carbonyl (C=O) groups excluding carboxylic acids is 3. The van der Waals surface area contributed by atoms with Crippen molar-refractivity contribution < 1.29 is 23.9 Å². The zero-order chi connectivity index (χ0) is 28.3. The van der Waals surface area contributed by atoms with Crippen molar-refractivity contribution in [2.45, 2.75) is 13.5 Å². The van der Waals surface area contributed by atoms with Gasteiger partial charge in [-0.1, -0.05) is 46.9 Å². The quantitative estimate of drug-likeness (QED) is 0.245. The fourth-order valence-corrected chi connectivity index (χ4v) is 5.64. The van der Waals surface area contributed by atoms with Crippen LogP contribution in [0.3, 0.4) is 0 Å². The summed E-state index contributed by atoms with van der Waals surface area (Å²) >= 11 is 22.5. The average Bonchev–Trinajstić information content (AvgIpc) is 3.14. The number of thioether (sulfide) groups is 1. The minimum Gasteiger partial charge on any atom is -0.493 e. The summed E-state index contributed by atoms with van der Waals surface area (Å²) in [7, 11) is 1.45. The lowest BCUT2D eigenvalue weighted by Crippen LogP contribution is -2.27. The van der Waals surface area contributed by atoms with E-state index in [1.165, 1.54) is 7.11 Å². The van der Waals surface area contributed by atoms with Gasteiger partial charge in [0.25, 0.3) is 17.1 Å². The van der Waals surface area contributed by atoms with Gasteiger partial charge in [-0.25, -0.2) is 0 Å². The molecule has 3 aromatic carbocycles. The van der Waals surface area contributed by atoms with Crippen LogP contribution in [0.5, 0.6) is 11.5 Å². The largest absolute Gasteiger partial charge is 0.493 e. The second-order valence-electron chi connectivity index (χ2n) is 8.34. The van der Waals surface area contributed by atoms with Gasteiger partial charge in [-0.2, -0.15) is 0 Å². The molecule has 1 fully saturated rings. The number of anilines is 1. The third kappa shape index (κ3) is 7.10. The van der Waals surface area contributed by atoms with E-state index in [4.69, 9.17) is 44.3 Å². The first-order valence-corrected chi connectivity index (χ1v) is 14.1. The van der Waals surface area contributed by atoms with E-state index in [0.29, 0.717) is 47.9 Å². The Kier molecular flexibility index (Phi) is 9.51. The first-order chi connectivity index (χ1) is 18.5. The van der Waals surface area contributed by atoms with Gasteiger partial charge in [-0.3, -0.25) is 19.3 Å². The van der Waals surface area contributed by atoms with E-state index in [2.05, 4.69) is 21.2 Å². The van der Waals surface area contributed by atoms with Crippen LogP contribution in [0.4, 0.5) is 10.5 Å². The molecule has 1 heterocycles. The van der Waals surface area contributed by atoms with Crippen molar-refractivity contribution in [2.24, 2.45) is 0 Å². The van der Waals surface area contributed by atoms with E-state index in [0.717, 1.165) is 22.2 Å². The Labute approximate surface area is 252 Å². The van der Waals surface area contributed by atoms with Crippen LogP contribution >= 0.6 is 62.5 Å². The van der Waals surface area contributed by atoms with Crippen molar-refractivity contribution in [1.29, 1.82) is 0 Å². The van der Waals surface area contributed by atoms with Gasteiger partial charge < -0.3 is 14.8 Å². The van der Waals surface area contributed by atoms with E-state index in [1.807, 2.05) is 6.92 Å². The first-order valence-electron chi connectivity index (χ1n) is 11.3. The topological polar surface area (TPSA) is 84.9 Å². The maximum Gasteiger partial charge on any atom is 0.293 e. The number of amides is 3. The van der Waals surface area contributed by atoms with E-state index >= 15 is 0 Å². The number of carbonyl (C=O) groups is 3. The van der Waals surface area contributed by atoms with E-state index in [-0.39, 0.29) is 24.0 Å². The van der Waals surface area contributed by atoms with Gasteiger partial charge in [0.15, 0.2) is 18.1 Å². The molecular formula is C27H20BrCl3N2O5S. The van der Waals surface area contributed by atoms with Crippen molar-refractivity contribution in [1.82, 2.24) is 4.90 Å². The molecule has 0 radical (unpaired) electrons. The highest BCUT2D eigenvalue weighted by molar-refractivity contribution is 9.10. The SMILES string of the molecule is COc1cc(/C=C2\SC(=O)N(Cc3ccc(Cl)cc3Cl)C2=O)cc(Br)c1OCC(=O)Nc1ccc(C)c(Cl)c1. The molecule has 1 N–H and O–H groups in total. The number of imide groups is 1. The van der Waals surface area contributed by atoms with Gasteiger partial charge in [0.05, 0.1) is 23.0 Å². The van der Waals surface area contributed by atoms with Crippen molar-refractivity contribution in [3.63, 3.8) is 0 Å². The molecule has 0 spiro atoms. The number of hydrogen-bond acceptors (Lipinski definition) is 6. The van der Waals surface area contributed by atoms with Crippen LogP contribution in [0.15, 0.2) is 57.9 Å². The lowest BCUT2D eigenvalue weighted by molar-refractivity contribution is -0.123. The summed E-state index contributed by atoms with van der Waals surface area (Å²) in [5.41, 5.74) is 2.63. The summed E-state index contributed by atoms with van der Waals surface area (Å²) in [6.45, 7) is 1.60. The maximum absolute atomic E-state index is 13.0. The number of rotatable bonds is 8. The number of aryl methyl sites for hydroxylation is 1. The third-order valence-electron chi connectivity index (χ3n) is 5.57. The van der Waals surface area contributed by atoms with E-state index < -0.39 is 11.1 Å². The van der Waals surface area contributed by atoms with Gasteiger partial charge >= 0.3 is 0 Å². The van der Waals surface area contributed by atoms with Crippen LogP contribution < -0.4 is 14.8 Å². The molecule has 0 aromatic heterocycles. The lowest BCUT2D eigenvalue weighted by atomic mass is 10.1. The lowest BCUT2D eigenvalue weighted by Gasteiger charge is -2.14. The highest BCUT2D eigenvalue weighted by Gasteiger charge is 2.35. The Morgan fingerprint density at radius 2 is 1.85 bits per heavy atom. The molecule has 0 bridgehead atoms. The predicted octanol–water partition coefficient (Wildman–Crippen LogP) is 7.98. The molecule has 0 aliphatic carbocycles.